The molecule has 0 atom stereocenters. The smallest absolute Gasteiger partial charge is 0.255 e. The van der Waals surface area contributed by atoms with Gasteiger partial charge in [-0.3, -0.25) is 9.48 Å². The van der Waals surface area contributed by atoms with E-state index in [2.05, 4.69) is 15.3 Å². The number of carbonyl (C=O) groups excluding carboxylic acids is 1. The summed E-state index contributed by atoms with van der Waals surface area (Å²) in [5.41, 5.74) is 0.500. The summed E-state index contributed by atoms with van der Waals surface area (Å²) in [6.07, 6.45) is 5.40. The van der Waals surface area contributed by atoms with Gasteiger partial charge < -0.3 is 19.9 Å². The Morgan fingerprint density at radius 3 is 2.33 bits per heavy atom. The van der Waals surface area contributed by atoms with Crippen molar-refractivity contribution in [3.05, 3.63) is 12.4 Å². The van der Waals surface area contributed by atoms with Gasteiger partial charge in [0.15, 0.2) is 0 Å². The minimum atomic E-state index is -0.623. The fraction of sp³-hybridized carbons (Fsp3) is 0.733. The van der Waals surface area contributed by atoms with Crippen LogP contribution in [0.3, 0.4) is 0 Å². The Balaban J connectivity index is 0.00000144. The topological polar surface area (TPSA) is 62.6 Å². The third-order valence-corrected chi connectivity index (χ3v) is 4.82. The molecule has 3 heterocycles. The highest BCUT2D eigenvalue weighted by Crippen LogP contribution is 2.26. The molecule has 2 aliphatic heterocycles. The zero-order valence-electron chi connectivity index (χ0n) is 14.2. The van der Waals surface area contributed by atoms with Gasteiger partial charge in [0, 0.05) is 46.5 Å². The van der Waals surface area contributed by atoms with Crippen LogP contribution >= 0.6 is 24.8 Å². The highest BCUT2D eigenvalue weighted by atomic mass is 35.5. The number of halogens is 2. The van der Waals surface area contributed by atoms with Gasteiger partial charge in [-0.1, -0.05) is 0 Å². The number of nitrogens with one attached hydrogen (secondary N) is 1. The van der Waals surface area contributed by atoms with Gasteiger partial charge >= 0.3 is 0 Å². The molecule has 1 N–H and O–H groups in total. The molecule has 7 nitrogen and oxygen atoms in total. The van der Waals surface area contributed by atoms with Crippen molar-refractivity contribution >= 4 is 36.4 Å². The number of hydrogen-bond acceptors (Lipinski definition) is 5. The molecule has 0 radical (unpaired) electrons. The molecule has 2 aliphatic rings. The van der Waals surface area contributed by atoms with Crippen LogP contribution in [0.5, 0.6) is 0 Å². The highest BCUT2D eigenvalue weighted by Gasteiger charge is 2.43. The van der Waals surface area contributed by atoms with Crippen LogP contribution in [0, 0.1) is 0 Å². The van der Waals surface area contributed by atoms with Gasteiger partial charge in [-0.25, -0.2) is 0 Å². The minimum Gasteiger partial charge on any atom is -0.368 e. The number of aryl methyl sites for hydroxylation is 1. The lowest BCUT2D eigenvalue weighted by Gasteiger charge is -2.42. The molecule has 0 aromatic carbocycles. The molecule has 138 valence electrons. The number of amides is 1. The van der Waals surface area contributed by atoms with Crippen molar-refractivity contribution in [2.75, 3.05) is 51.3 Å². The van der Waals surface area contributed by atoms with Crippen LogP contribution in [0.1, 0.15) is 12.8 Å². The van der Waals surface area contributed by atoms with E-state index in [1.165, 1.54) is 0 Å². The van der Waals surface area contributed by atoms with E-state index in [1.54, 1.807) is 7.11 Å². The molecule has 0 bridgehead atoms. The van der Waals surface area contributed by atoms with Crippen LogP contribution in [0.4, 0.5) is 5.69 Å². The SMILES string of the molecule is COC1(C(=O)N2CCN(c3cnn(C)c3)CC2)CCNCC1.Cl.Cl. The molecule has 0 spiro atoms. The number of ether oxygens (including phenoxy) is 1. The predicted octanol–water partition coefficient (Wildman–Crippen LogP) is 0.681. The molecule has 1 aromatic rings. The van der Waals surface area contributed by atoms with Crippen LogP contribution in [0.2, 0.25) is 0 Å². The molecule has 3 rings (SSSR count). The Kier molecular flexibility index (Phi) is 7.79. The first-order chi connectivity index (χ1) is 10.6. The van der Waals surface area contributed by atoms with E-state index in [0.717, 1.165) is 57.8 Å². The van der Waals surface area contributed by atoms with Gasteiger partial charge in [0.1, 0.15) is 5.60 Å². The van der Waals surface area contributed by atoms with Crippen molar-refractivity contribution in [1.82, 2.24) is 20.0 Å². The van der Waals surface area contributed by atoms with Crippen LogP contribution in [0.25, 0.3) is 0 Å². The first-order valence-corrected chi connectivity index (χ1v) is 7.93. The fourth-order valence-corrected chi connectivity index (χ4v) is 3.36. The zero-order valence-corrected chi connectivity index (χ0v) is 15.9. The average Bonchev–Trinajstić information content (AvgIpc) is 3.01. The van der Waals surface area contributed by atoms with E-state index in [9.17, 15) is 4.79 Å². The van der Waals surface area contributed by atoms with Crippen LogP contribution in [-0.4, -0.2) is 72.6 Å². The molecule has 24 heavy (non-hydrogen) atoms. The number of hydrogen-bond donors (Lipinski definition) is 1. The second-order valence-corrected chi connectivity index (χ2v) is 6.10. The summed E-state index contributed by atoms with van der Waals surface area (Å²) in [4.78, 5) is 17.1. The van der Waals surface area contributed by atoms with Gasteiger partial charge in [0.2, 0.25) is 0 Å². The molecular formula is C15H27Cl2N5O2. The number of aromatic nitrogens is 2. The summed E-state index contributed by atoms with van der Waals surface area (Å²) in [5, 5.41) is 7.51. The molecule has 9 heteroatoms. The van der Waals surface area contributed by atoms with E-state index in [0.29, 0.717) is 0 Å². The Bertz CT molecular complexity index is 526. The van der Waals surface area contributed by atoms with Crippen LogP contribution in [0.15, 0.2) is 12.4 Å². The highest BCUT2D eigenvalue weighted by molar-refractivity contribution is 5.86. The summed E-state index contributed by atoms with van der Waals surface area (Å²) in [5.74, 6) is 0.155. The average molecular weight is 380 g/mol. The first-order valence-electron chi connectivity index (χ1n) is 7.93. The van der Waals surface area contributed by atoms with Gasteiger partial charge in [-0.2, -0.15) is 5.10 Å². The predicted molar refractivity (Wildman–Crippen MR) is 98.3 cm³/mol. The van der Waals surface area contributed by atoms with E-state index in [4.69, 9.17) is 4.74 Å². The minimum absolute atomic E-state index is 0. The second kappa shape index (κ2) is 8.89. The van der Waals surface area contributed by atoms with E-state index < -0.39 is 5.60 Å². The molecule has 2 fully saturated rings. The summed E-state index contributed by atoms with van der Waals surface area (Å²) in [6.45, 7) is 4.86. The number of piperidine rings is 1. The molecular weight excluding hydrogens is 353 g/mol. The Labute approximate surface area is 155 Å². The molecule has 0 saturated carbocycles. The number of nitrogens with zero attached hydrogens (tertiary/aromatic N) is 4. The Morgan fingerprint density at radius 2 is 1.83 bits per heavy atom. The molecule has 0 aliphatic carbocycles. The number of methoxy groups -OCH3 is 1. The van der Waals surface area contributed by atoms with Crippen molar-refractivity contribution < 1.29 is 9.53 Å². The van der Waals surface area contributed by atoms with Gasteiger partial charge in [-0.05, 0) is 25.9 Å². The maximum absolute atomic E-state index is 12.9. The number of piperazine rings is 1. The maximum Gasteiger partial charge on any atom is 0.255 e. The van der Waals surface area contributed by atoms with E-state index in [-0.39, 0.29) is 30.7 Å². The van der Waals surface area contributed by atoms with E-state index in [1.807, 2.05) is 29.0 Å². The monoisotopic (exact) mass is 379 g/mol. The van der Waals surface area contributed by atoms with Crippen molar-refractivity contribution in [3.8, 4) is 0 Å². The second-order valence-electron chi connectivity index (χ2n) is 6.10. The fourth-order valence-electron chi connectivity index (χ4n) is 3.36. The van der Waals surface area contributed by atoms with Crippen molar-refractivity contribution in [2.24, 2.45) is 7.05 Å². The van der Waals surface area contributed by atoms with E-state index >= 15 is 0 Å². The Hall–Kier alpha value is -1.02. The normalized spacial score (nSPS) is 20.1. The lowest BCUT2D eigenvalue weighted by atomic mass is 9.90. The maximum atomic E-state index is 12.9. The van der Waals surface area contributed by atoms with Crippen LogP contribution in [-0.2, 0) is 16.6 Å². The largest absolute Gasteiger partial charge is 0.368 e. The number of rotatable bonds is 3. The number of anilines is 1. The molecule has 2 saturated heterocycles. The lowest BCUT2D eigenvalue weighted by Crippen LogP contribution is -2.59. The van der Waals surface area contributed by atoms with Crippen molar-refractivity contribution in [2.45, 2.75) is 18.4 Å². The Morgan fingerprint density at radius 1 is 1.21 bits per heavy atom. The molecule has 1 aromatic heterocycles. The van der Waals surface area contributed by atoms with Gasteiger partial charge in [-0.15, -0.1) is 24.8 Å². The number of carbonyl (C=O) groups is 1. The van der Waals surface area contributed by atoms with Crippen LogP contribution < -0.4 is 10.2 Å². The molecule has 0 unspecified atom stereocenters. The summed E-state index contributed by atoms with van der Waals surface area (Å²) in [7, 11) is 3.58. The third kappa shape index (κ3) is 4.14. The lowest BCUT2D eigenvalue weighted by molar-refractivity contribution is -0.158. The first kappa shape index (κ1) is 21.0. The quantitative estimate of drug-likeness (QED) is 0.836. The van der Waals surface area contributed by atoms with Gasteiger partial charge in [0.05, 0.1) is 11.9 Å². The third-order valence-electron chi connectivity index (χ3n) is 4.82. The summed E-state index contributed by atoms with van der Waals surface area (Å²) < 4.78 is 7.46. The van der Waals surface area contributed by atoms with Crippen molar-refractivity contribution in [1.29, 1.82) is 0 Å². The zero-order chi connectivity index (χ0) is 15.6. The molecule has 1 amide bonds. The van der Waals surface area contributed by atoms with Crippen molar-refractivity contribution in [3.63, 3.8) is 0 Å². The standard InChI is InChI=1S/C15H25N5O2.2ClH/c1-18-12-13(11-17-18)19-7-9-20(10-8-19)14(21)15(22-2)3-5-16-6-4-15;;/h11-12,16H,3-10H2,1-2H3;2*1H. The summed E-state index contributed by atoms with van der Waals surface area (Å²) >= 11 is 0. The summed E-state index contributed by atoms with van der Waals surface area (Å²) in [6, 6.07) is 0. The van der Waals surface area contributed by atoms with Gasteiger partial charge in [0.25, 0.3) is 5.91 Å².